The first-order valence-electron chi connectivity index (χ1n) is 2.50. The van der Waals surface area contributed by atoms with E-state index in [0.29, 0.717) is 13.2 Å². The van der Waals surface area contributed by atoms with Gasteiger partial charge in [-0.05, 0) is 0 Å². The molecule has 0 aromatic rings. The Kier molecular flexibility index (Phi) is 19.2. The number of carbonyl (C=O) groups excluding carboxylic acids is 1. The average Bonchev–Trinajstić information content (AvgIpc) is 1.94. The van der Waals surface area contributed by atoms with Crippen molar-refractivity contribution < 1.29 is 9.53 Å². The highest BCUT2D eigenvalue weighted by Gasteiger charge is 1.70. The van der Waals surface area contributed by atoms with Crippen LogP contribution in [0.3, 0.4) is 0 Å². The molecule has 0 heterocycles. The molecule has 0 spiro atoms. The van der Waals surface area contributed by atoms with Crippen LogP contribution < -0.4 is 0 Å². The third kappa shape index (κ3) is 19.2. The second kappa shape index (κ2) is 15.7. The molecular weight excluding hydrogens is 116 g/mol. The number of hydrogen-bond acceptors (Lipinski definition) is 2. The second-order valence-corrected chi connectivity index (χ2v) is 1.11. The first-order valence-corrected chi connectivity index (χ1v) is 2.50. The highest BCUT2D eigenvalue weighted by atomic mass is 16.5. The lowest BCUT2D eigenvalue weighted by atomic mass is 10.6. The Morgan fingerprint density at radius 1 is 1.11 bits per heavy atom. The van der Waals surface area contributed by atoms with Crippen LogP contribution in [-0.4, -0.2) is 20.0 Å². The van der Waals surface area contributed by atoms with E-state index in [-0.39, 0.29) is 0 Å². The van der Waals surface area contributed by atoms with Crippen molar-refractivity contribution in [2.45, 2.75) is 0 Å². The first kappa shape index (κ1) is 11.0. The Morgan fingerprint density at radius 3 is 1.67 bits per heavy atom. The molecule has 0 bridgehead atoms. The van der Waals surface area contributed by atoms with E-state index < -0.39 is 0 Å². The summed E-state index contributed by atoms with van der Waals surface area (Å²) in [7, 11) is 0. The maximum Gasteiger partial charge on any atom is 0.106 e. The Hall–Kier alpha value is -0.890. The predicted octanol–water partition coefficient (Wildman–Crippen LogP) is 1.19. The van der Waals surface area contributed by atoms with Gasteiger partial charge in [0.05, 0.1) is 13.2 Å². The average molecular weight is 128 g/mol. The minimum absolute atomic E-state index is 0.617. The van der Waals surface area contributed by atoms with Gasteiger partial charge in [-0.2, -0.15) is 0 Å². The summed E-state index contributed by atoms with van der Waals surface area (Å²) in [5.41, 5.74) is 0. The lowest BCUT2D eigenvalue weighted by Crippen LogP contribution is -1.87. The van der Waals surface area contributed by atoms with E-state index in [2.05, 4.69) is 13.2 Å². The van der Waals surface area contributed by atoms with Gasteiger partial charge in [0, 0.05) is 0 Å². The van der Waals surface area contributed by atoms with Crippen molar-refractivity contribution in [3.8, 4) is 0 Å². The maximum atomic E-state index is 8.00. The Labute approximate surface area is 55.8 Å². The number of hydrogen-bond donors (Lipinski definition) is 0. The van der Waals surface area contributed by atoms with Crippen molar-refractivity contribution >= 4 is 6.79 Å². The van der Waals surface area contributed by atoms with Gasteiger partial charge < -0.3 is 9.53 Å². The van der Waals surface area contributed by atoms with E-state index in [1.807, 2.05) is 6.79 Å². The van der Waals surface area contributed by atoms with Crippen LogP contribution in [-0.2, 0) is 9.53 Å². The third-order valence-electron chi connectivity index (χ3n) is 0.471. The van der Waals surface area contributed by atoms with Gasteiger partial charge in [-0.25, -0.2) is 0 Å². The molecule has 0 radical (unpaired) electrons. The normalized spacial score (nSPS) is 6.67. The van der Waals surface area contributed by atoms with Crippen molar-refractivity contribution in [2.75, 3.05) is 13.2 Å². The van der Waals surface area contributed by atoms with Gasteiger partial charge >= 0.3 is 0 Å². The molecule has 0 aromatic heterocycles. The predicted molar refractivity (Wildman–Crippen MR) is 38.3 cm³/mol. The fraction of sp³-hybridized carbons (Fsp3) is 0.286. The van der Waals surface area contributed by atoms with E-state index >= 15 is 0 Å². The summed E-state index contributed by atoms with van der Waals surface area (Å²) >= 11 is 0. The van der Waals surface area contributed by atoms with E-state index in [1.165, 1.54) is 0 Å². The molecule has 0 saturated heterocycles. The van der Waals surface area contributed by atoms with E-state index in [0.717, 1.165) is 0 Å². The molecular formula is C7H12O2. The topological polar surface area (TPSA) is 26.3 Å². The zero-order chi connectivity index (χ0) is 7.54. The van der Waals surface area contributed by atoms with Crippen molar-refractivity contribution in [3.05, 3.63) is 25.3 Å². The minimum atomic E-state index is 0.617. The zero-order valence-corrected chi connectivity index (χ0v) is 5.51. The number of rotatable bonds is 4. The van der Waals surface area contributed by atoms with Gasteiger partial charge in [0.15, 0.2) is 0 Å². The Balaban J connectivity index is 0. The summed E-state index contributed by atoms with van der Waals surface area (Å²) in [6, 6.07) is 0. The van der Waals surface area contributed by atoms with Crippen LogP contribution >= 0.6 is 0 Å². The molecule has 0 fully saturated rings. The molecule has 2 nitrogen and oxygen atoms in total. The fourth-order valence-electron chi connectivity index (χ4n) is 0.235. The quantitative estimate of drug-likeness (QED) is 0.420. The van der Waals surface area contributed by atoms with Gasteiger partial charge in [0.2, 0.25) is 0 Å². The highest BCUT2D eigenvalue weighted by molar-refractivity contribution is 5.10. The third-order valence-corrected chi connectivity index (χ3v) is 0.471. The molecule has 0 N–H and O–H groups in total. The van der Waals surface area contributed by atoms with E-state index in [1.54, 1.807) is 12.2 Å². The van der Waals surface area contributed by atoms with Crippen LogP contribution in [0.5, 0.6) is 0 Å². The second-order valence-electron chi connectivity index (χ2n) is 1.11. The summed E-state index contributed by atoms with van der Waals surface area (Å²) in [6.45, 7) is 10.2. The highest BCUT2D eigenvalue weighted by Crippen LogP contribution is 1.72. The monoisotopic (exact) mass is 128 g/mol. The largest absolute Gasteiger partial charge is 0.373 e. The lowest BCUT2D eigenvalue weighted by molar-refractivity contribution is -0.0979. The molecule has 0 unspecified atom stereocenters. The van der Waals surface area contributed by atoms with Crippen LogP contribution in [0.25, 0.3) is 0 Å². The van der Waals surface area contributed by atoms with Crippen LogP contribution in [0.2, 0.25) is 0 Å². The molecule has 0 aromatic carbocycles. The molecule has 0 atom stereocenters. The summed E-state index contributed by atoms with van der Waals surface area (Å²) in [4.78, 5) is 8.00. The maximum absolute atomic E-state index is 8.00. The molecule has 0 aliphatic rings. The summed E-state index contributed by atoms with van der Waals surface area (Å²) in [5, 5.41) is 0. The van der Waals surface area contributed by atoms with Crippen molar-refractivity contribution in [1.82, 2.24) is 0 Å². The molecule has 0 saturated carbocycles. The van der Waals surface area contributed by atoms with Crippen molar-refractivity contribution in [2.24, 2.45) is 0 Å². The molecule has 0 amide bonds. The molecule has 52 valence electrons. The van der Waals surface area contributed by atoms with E-state index in [9.17, 15) is 0 Å². The summed E-state index contributed by atoms with van der Waals surface area (Å²) in [6.07, 6.45) is 3.42. The summed E-state index contributed by atoms with van der Waals surface area (Å²) in [5.74, 6) is 0. The molecule has 0 aliphatic heterocycles. The van der Waals surface area contributed by atoms with Gasteiger partial charge in [-0.3, -0.25) is 0 Å². The van der Waals surface area contributed by atoms with Crippen molar-refractivity contribution in [3.63, 3.8) is 0 Å². The van der Waals surface area contributed by atoms with Gasteiger partial charge in [0.1, 0.15) is 6.79 Å². The molecule has 0 rings (SSSR count). The Bertz CT molecular complexity index is 61.3. The molecule has 0 aliphatic carbocycles. The van der Waals surface area contributed by atoms with Crippen molar-refractivity contribution in [1.29, 1.82) is 0 Å². The zero-order valence-electron chi connectivity index (χ0n) is 5.51. The standard InChI is InChI=1S/C6H10O.CH2O/c1-3-5-7-6-4-2;1-2/h3-4H,1-2,5-6H2;1H2. The SMILES string of the molecule is C=CCOCC=C.C=O. The smallest absolute Gasteiger partial charge is 0.106 e. The van der Waals surface area contributed by atoms with Gasteiger partial charge in [-0.1, -0.05) is 12.2 Å². The van der Waals surface area contributed by atoms with Gasteiger partial charge in [-0.15, -0.1) is 13.2 Å². The van der Waals surface area contributed by atoms with Crippen LogP contribution in [0.1, 0.15) is 0 Å². The fourth-order valence-corrected chi connectivity index (χ4v) is 0.235. The van der Waals surface area contributed by atoms with Crippen LogP contribution in [0.4, 0.5) is 0 Å². The lowest BCUT2D eigenvalue weighted by Gasteiger charge is -1.89. The molecule has 9 heavy (non-hydrogen) atoms. The van der Waals surface area contributed by atoms with Crippen LogP contribution in [0, 0.1) is 0 Å². The number of carbonyl (C=O) groups is 1. The Morgan fingerprint density at radius 2 is 1.44 bits per heavy atom. The number of ether oxygens (including phenoxy) is 1. The van der Waals surface area contributed by atoms with Gasteiger partial charge in [0.25, 0.3) is 0 Å². The first-order chi connectivity index (χ1) is 4.41. The minimum Gasteiger partial charge on any atom is -0.373 e. The van der Waals surface area contributed by atoms with E-state index in [4.69, 9.17) is 9.53 Å². The van der Waals surface area contributed by atoms with Crippen LogP contribution in [0.15, 0.2) is 25.3 Å². The molecule has 2 heteroatoms. The summed E-state index contributed by atoms with van der Waals surface area (Å²) < 4.78 is 4.90.